The summed E-state index contributed by atoms with van der Waals surface area (Å²) in [6.07, 6.45) is 0. The summed E-state index contributed by atoms with van der Waals surface area (Å²) in [5.41, 5.74) is 10.3. The van der Waals surface area contributed by atoms with Gasteiger partial charge >= 0.3 is 0 Å². The number of nitrogens with zero attached hydrogens (tertiary/aromatic N) is 3. The number of benzene rings is 7. The van der Waals surface area contributed by atoms with Crippen LogP contribution < -0.4 is 0 Å². The molecule has 0 amide bonds. The molecule has 3 aromatic heterocycles. The van der Waals surface area contributed by atoms with Crippen molar-refractivity contribution in [3.8, 4) is 56.4 Å². The van der Waals surface area contributed by atoms with E-state index in [1.165, 1.54) is 0 Å². The molecule has 0 atom stereocenters. The molecule has 0 bridgehead atoms. The maximum Gasteiger partial charge on any atom is 0.164 e. The standard InChI is InChI=1S/C45H27N3O2/c1-4-12-28(13-5-1)31-20-22-34-36-24-32(21-23-40(36)50-41(34)25-31)44-46-43(30-16-8-3-9-17-30)47-45(48-44)38-26-37-33-18-10-11-19-39(33)49-42(37)27-35(38)29-14-6-2-7-15-29/h1-27H. The Kier molecular flexibility index (Phi) is 6.42. The predicted octanol–water partition coefficient (Wildman–Crippen LogP) is 12.0. The fraction of sp³-hybridized carbons (Fsp3) is 0. The summed E-state index contributed by atoms with van der Waals surface area (Å²) >= 11 is 0. The molecule has 7 aromatic carbocycles. The van der Waals surface area contributed by atoms with Gasteiger partial charge in [-0.3, -0.25) is 0 Å². The molecule has 0 spiro atoms. The first-order valence-electron chi connectivity index (χ1n) is 16.6. The van der Waals surface area contributed by atoms with E-state index >= 15 is 0 Å². The van der Waals surface area contributed by atoms with Gasteiger partial charge in [0.2, 0.25) is 0 Å². The van der Waals surface area contributed by atoms with Gasteiger partial charge < -0.3 is 8.83 Å². The molecule has 234 valence electrons. The summed E-state index contributed by atoms with van der Waals surface area (Å²) in [5.74, 6) is 1.78. The highest BCUT2D eigenvalue weighted by molar-refractivity contribution is 6.09. The minimum Gasteiger partial charge on any atom is -0.456 e. The van der Waals surface area contributed by atoms with E-state index in [2.05, 4.69) is 78.9 Å². The average Bonchev–Trinajstić information content (AvgIpc) is 3.75. The third kappa shape index (κ3) is 4.75. The molecule has 0 saturated carbocycles. The number of hydrogen-bond donors (Lipinski definition) is 0. The van der Waals surface area contributed by atoms with Crippen LogP contribution in [0.15, 0.2) is 173 Å². The lowest BCUT2D eigenvalue weighted by Gasteiger charge is -2.12. The van der Waals surface area contributed by atoms with E-state index in [1.54, 1.807) is 0 Å². The first-order valence-corrected chi connectivity index (χ1v) is 16.6. The van der Waals surface area contributed by atoms with Crippen LogP contribution in [0.1, 0.15) is 0 Å². The number of para-hydroxylation sites is 1. The lowest BCUT2D eigenvalue weighted by atomic mass is 9.96. The zero-order chi connectivity index (χ0) is 33.0. The van der Waals surface area contributed by atoms with E-state index in [0.29, 0.717) is 17.5 Å². The van der Waals surface area contributed by atoms with Gasteiger partial charge in [0.25, 0.3) is 0 Å². The lowest BCUT2D eigenvalue weighted by molar-refractivity contribution is 0.668. The summed E-state index contributed by atoms with van der Waals surface area (Å²) in [7, 11) is 0. The minimum atomic E-state index is 0.585. The first-order chi connectivity index (χ1) is 24.7. The van der Waals surface area contributed by atoms with Crippen molar-refractivity contribution < 1.29 is 8.83 Å². The van der Waals surface area contributed by atoms with Crippen molar-refractivity contribution >= 4 is 43.9 Å². The Morgan fingerprint density at radius 3 is 1.58 bits per heavy atom. The topological polar surface area (TPSA) is 65.0 Å². The third-order valence-electron chi connectivity index (χ3n) is 9.35. The van der Waals surface area contributed by atoms with Crippen LogP contribution in [0, 0.1) is 0 Å². The van der Waals surface area contributed by atoms with Crippen LogP contribution in [0.5, 0.6) is 0 Å². The molecule has 0 saturated heterocycles. The zero-order valence-corrected chi connectivity index (χ0v) is 26.7. The molecule has 50 heavy (non-hydrogen) atoms. The van der Waals surface area contributed by atoms with Crippen LogP contribution >= 0.6 is 0 Å². The van der Waals surface area contributed by atoms with E-state index < -0.39 is 0 Å². The van der Waals surface area contributed by atoms with Gasteiger partial charge in [-0.05, 0) is 70.8 Å². The summed E-state index contributed by atoms with van der Waals surface area (Å²) < 4.78 is 12.7. The van der Waals surface area contributed by atoms with Crippen LogP contribution in [-0.4, -0.2) is 15.0 Å². The SMILES string of the molecule is c1ccc(-c2ccc3c(c2)oc2ccc(-c4nc(-c5ccccc5)nc(-c5cc6c(cc5-c5ccccc5)oc5ccccc56)n4)cc23)cc1. The fourth-order valence-corrected chi connectivity index (χ4v) is 6.88. The maximum atomic E-state index is 6.36. The Hall–Kier alpha value is -6.85. The van der Waals surface area contributed by atoms with Crippen molar-refractivity contribution in [1.82, 2.24) is 15.0 Å². The molecule has 0 unspecified atom stereocenters. The molecule has 0 aliphatic rings. The van der Waals surface area contributed by atoms with E-state index in [-0.39, 0.29) is 0 Å². The van der Waals surface area contributed by atoms with Gasteiger partial charge in [-0.2, -0.15) is 0 Å². The number of furan rings is 2. The van der Waals surface area contributed by atoms with Crippen LogP contribution in [0.2, 0.25) is 0 Å². The molecule has 0 N–H and O–H groups in total. The van der Waals surface area contributed by atoms with Crippen LogP contribution in [-0.2, 0) is 0 Å². The largest absolute Gasteiger partial charge is 0.456 e. The number of aromatic nitrogens is 3. The third-order valence-corrected chi connectivity index (χ3v) is 9.35. The van der Waals surface area contributed by atoms with Gasteiger partial charge in [0.15, 0.2) is 17.5 Å². The number of rotatable bonds is 5. The molecule has 10 aromatic rings. The second-order valence-electron chi connectivity index (χ2n) is 12.4. The normalized spacial score (nSPS) is 11.6. The van der Waals surface area contributed by atoms with Crippen LogP contribution in [0.3, 0.4) is 0 Å². The molecular weight excluding hydrogens is 615 g/mol. The van der Waals surface area contributed by atoms with Gasteiger partial charge in [0.05, 0.1) is 0 Å². The fourth-order valence-electron chi connectivity index (χ4n) is 6.88. The van der Waals surface area contributed by atoms with E-state index in [9.17, 15) is 0 Å². The van der Waals surface area contributed by atoms with Crippen molar-refractivity contribution in [2.75, 3.05) is 0 Å². The lowest BCUT2D eigenvalue weighted by Crippen LogP contribution is -2.01. The molecule has 0 aliphatic heterocycles. The average molecular weight is 642 g/mol. The molecule has 10 rings (SSSR count). The molecule has 3 heterocycles. The van der Waals surface area contributed by atoms with Crippen molar-refractivity contribution in [2.45, 2.75) is 0 Å². The molecule has 5 heteroatoms. The van der Waals surface area contributed by atoms with Crippen molar-refractivity contribution in [2.24, 2.45) is 0 Å². The summed E-state index contributed by atoms with van der Waals surface area (Å²) in [4.78, 5) is 15.4. The summed E-state index contributed by atoms with van der Waals surface area (Å²) in [6, 6.07) is 55.7. The Balaban J connectivity index is 1.19. The maximum absolute atomic E-state index is 6.36. The first kappa shape index (κ1) is 28.2. The molecule has 0 fully saturated rings. The van der Waals surface area contributed by atoms with Gasteiger partial charge in [-0.25, -0.2) is 15.0 Å². The van der Waals surface area contributed by atoms with Crippen LogP contribution in [0.25, 0.3) is 100 Å². The molecule has 0 radical (unpaired) electrons. The highest BCUT2D eigenvalue weighted by atomic mass is 16.3. The van der Waals surface area contributed by atoms with Gasteiger partial charge in [0, 0.05) is 38.2 Å². The van der Waals surface area contributed by atoms with Crippen molar-refractivity contribution in [3.05, 3.63) is 164 Å². The van der Waals surface area contributed by atoms with Gasteiger partial charge in [0.1, 0.15) is 22.3 Å². The number of hydrogen-bond acceptors (Lipinski definition) is 5. The monoisotopic (exact) mass is 641 g/mol. The second-order valence-corrected chi connectivity index (χ2v) is 12.4. The second kappa shape index (κ2) is 11.4. The highest BCUT2D eigenvalue weighted by Gasteiger charge is 2.20. The number of fused-ring (bicyclic) bond motifs is 6. The molecule has 0 aliphatic carbocycles. The quantitative estimate of drug-likeness (QED) is 0.187. The molecule has 5 nitrogen and oxygen atoms in total. The minimum absolute atomic E-state index is 0.585. The van der Waals surface area contributed by atoms with Gasteiger partial charge in [-0.1, -0.05) is 115 Å². The Morgan fingerprint density at radius 2 is 0.820 bits per heavy atom. The summed E-state index contributed by atoms with van der Waals surface area (Å²) in [5, 5.41) is 4.12. The van der Waals surface area contributed by atoms with E-state index in [4.69, 9.17) is 23.8 Å². The Morgan fingerprint density at radius 1 is 0.280 bits per heavy atom. The Labute approximate surface area is 287 Å². The zero-order valence-electron chi connectivity index (χ0n) is 26.7. The Bertz CT molecular complexity index is 2860. The van der Waals surface area contributed by atoms with Crippen molar-refractivity contribution in [3.63, 3.8) is 0 Å². The smallest absolute Gasteiger partial charge is 0.164 e. The van der Waals surface area contributed by atoms with E-state index in [0.717, 1.165) is 82.8 Å². The highest BCUT2D eigenvalue weighted by Crippen LogP contribution is 2.40. The summed E-state index contributed by atoms with van der Waals surface area (Å²) in [6.45, 7) is 0. The predicted molar refractivity (Wildman–Crippen MR) is 202 cm³/mol. The van der Waals surface area contributed by atoms with Gasteiger partial charge in [-0.15, -0.1) is 0 Å². The van der Waals surface area contributed by atoms with Crippen LogP contribution in [0.4, 0.5) is 0 Å². The van der Waals surface area contributed by atoms with E-state index in [1.807, 2.05) is 84.9 Å². The van der Waals surface area contributed by atoms with Crippen molar-refractivity contribution in [1.29, 1.82) is 0 Å². The molecular formula is C45H27N3O2.